The first-order valence-corrected chi connectivity index (χ1v) is 9.98. The van der Waals surface area contributed by atoms with Crippen molar-refractivity contribution < 1.29 is 17.9 Å². The minimum atomic E-state index is -3.63. The van der Waals surface area contributed by atoms with Crippen molar-refractivity contribution in [1.29, 1.82) is 0 Å². The highest BCUT2D eigenvalue weighted by molar-refractivity contribution is 7.89. The first-order valence-electron chi connectivity index (χ1n) is 8.50. The fraction of sp³-hybridized carbons (Fsp3) is 0.368. The Morgan fingerprint density at radius 2 is 1.52 bits per heavy atom. The first kappa shape index (κ1) is 19.3. The van der Waals surface area contributed by atoms with Gasteiger partial charge < -0.3 is 9.47 Å². The van der Waals surface area contributed by atoms with Gasteiger partial charge in [-0.1, -0.05) is 44.2 Å². The molecule has 0 aliphatic rings. The second-order valence-corrected chi connectivity index (χ2v) is 7.38. The zero-order valence-electron chi connectivity index (χ0n) is 14.7. The van der Waals surface area contributed by atoms with Crippen LogP contribution >= 0.6 is 0 Å². The predicted molar refractivity (Wildman–Crippen MR) is 98.5 cm³/mol. The molecule has 6 heteroatoms. The van der Waals surface area contributed by atoms with Gasteiger partial charge in [0.1, 0.15) is 0 Å². The third-order valence-electron chi connectivity index (χ3n) is 3.46. The summed E-state index contributed by atoms with van der Waals surface area (Å²) < 4.78 is 39.0. The van der Waals surface area contributed by atoms with E-state index in [-0.39, 0.29) is 11.4 Å². The summed E-state index contributed by atoms with van der Waals surface area (Å²) in [7, 11) is -3.63. The third-order valence-corrected chi connectivity index (χ3v) is 4.86. The van der Waals surface area contributed by atoms with Crippen LogP contribution in [0.5, 0.6) is 11.5 Å². The molecule has 2 aromatic rings. The van der Waals surface area contributed by atoms with Gasteiger partial charge in [-0.15, -0.1) is 0 Å². The average molecular weight is 363 g/mol. The maximum Gasteiger partial charge on any atom is 0.241 e. The summed E-state index contributed by atoms with van der Waals surface area (Å²) in [4.78, 5) is 0.165. The third kappa shape index (κ3) is 5.76. The zero-order chi connectivity index (χ0) is 18.1. The molecule has 0 amide bonds. The van der Waals surface area contributed by atoms with Gasteiger partial charge in [-0.05, 0) is 30.5 Å². The molecule has 0 saturated carbocycles. The van der Waals surface area contributed by atoms with Crippen LogP contribution in [-0.2, 0) is 16.6 Å². The summed E-state index contributed by atoms with van der Waals surface area (Å²) in [5.74, 6) is 1.02. The van der Waals surface area contributed by atoms with Gasteiger partial charge in [-0.2, -0.15) is 0 Å². The van der Waals surface area contributed by atoms with Gasteiger partial charge in [0, 0.05) is 12.6 Å². The Balaban J connectivity index is 2.18. The van der Waals surface area contributed by atoms with Crippen molar-refractivity contribution in [2.45, 2.75) is 38.1 Å². The molecule has 136 valence electrons. The van der Waals surface area contributed by atoms with Crippen molar-refractivity contribution >= 4 is 10.0 Å². The van der Waals surface area contributed by atoms with Crippen LogP contribution in [0.4, 0.5) is 0 Å². The van der Waals surface area contributed by atoms with E-state index in [4.69, 9.17) is 9.47 Å². The monoisotopic (exact) mass is 363 g/mol. The topological polar surface area (TPSA) is 64.6 Å². The van der Waals surface area contributed by atoms with E-state index in [0.717, 1.165) is 18.4 Å². The predicted octanol–water partition coefficient (Wildman–Crippen LogP) is 3.74. The van der Waals surface area contributed by atoms with Gasteiger partial charge >= 0.3 is 0 Å². The second kappa shape index (κ2) is 9.44. The number of ether oxygens (including phenoxy) is 2. The van der Waals surface area contributed by atoms with E-state index < -0.39 is 10.0 Å². The molecular weight excluding hydrogens is 338 g/mol. The van der Waals surface area contributed by atoms with Gasteiger partial charge in [-0.3, -0.25) is 0 Å². The molecule has 5 nitrogen and oxygen atoms in total. The largest absolute Gasteiger partial charge is 0.490 e. The maximum absolute atomic E-state index is 12.5. The van der Waals surface area contributed by atoms with Gasteiger partial charge in [0.25, 0.3) is 0 Å². The molecule has 2 aromatic carbocycles. The maximum atomic E-state index is 12.5. The summed E-state index contributed by atoms with van der Waals surface area (Å²) in [6.07, 6.45) is 1.70. The Kier molecular flexibility index (Phi) is 7.28. The van der Waals surface area contributed by atoms with Crippen LogP contribution in [0.2, 0.25) is 0 Å². The summed E-state index contributed by atoms with van der Waals surface area (Å²) >= 11 is 0. The minimum absolute atomic E-state index is 0.165. The molecule has 0 aliphatic carbocycles. The molecule has 0 saturated heterocycles. The summed E-state index contributed by atoms with van der Waals surface area (Å²) in [6, 6.07) is 14.1. The van der Waals surface area contributed by atoms with E-state index >= 15 is 0 Å². The second-order valence-electron chi connectivity index (χ2n) is 5.62. The fourth-order valence-electron chi connectivity index (χ4n) is 2.17. The molecule has 2 rings (SSSR count). The van der Waals surface area contributed by atoms with Gasteiger partial charge in [-0.25, -0.2) is 13.1 Å². The van der Waals surface area contributed by atoms with E-state index in [0.29, 0.717) is 24.7 Å². The van der Waals surface area contributed by atoms with Crippen molar-refractivity contribution in [3.8, 4) is 11.5 Å². The molecule has 0 unspecified atom stereocenters. The van der Waals surface area contributed by atoms with Crippen LogP contribution in [0, 0.1) is 0 Å². The van der Waals surface area contributed by atoms with Crippen molar-refractivity contribution in [3.63, 3.8) is 0 Å². The van der Waals surface area contributed by atoms with Crippen LogP contribution < -0.4 is 14.2 Å². The molecule has 0 aromatic heterocycles. The summed E-state index contributed by atoms with van der Waals surface area (Å²) in [5, 5.41) is 0. The van der Waals surface area contributed by atoms with E-state index in [1.807, 2.05) is 44.2 Å². The molecule has 0 spiro atoms. The molecule has 0 heterocycles. The fourth-order valence-corrected chi connectivity index (χ4v) is 3.20. The number of nitrogens with one attached hydrogen (secondary N) is 1. The number of hydrogen-bond donors (Lipinski definition) is 1. The van der Waals surface area contributed by atoms with Gasteiger partial charge in [0.2, 0.25) is 10.0 Å². The highest BCUT2D eigenvalue weighted by Crippen LogP contribution is 2.30. The highest BCUT2D eigenvalue weighted by Gasteiger charge is 2.17. The van der Waals surface area contributed by atoms with Crippen molar-refractivity contribution in [1.82, 2.24) is 4.72 Å². The Morgan fingerprint density at radius 1 is 0.880 bits per heavy atom. The van der Waals surface area contributed by atoms with Crippen LogP contribution in [0.3, 0.4) is 0 Å². The lowest BCUT2D eigenvalue weighted by molar-refractivity contribution is 0.267. The minimum Gasteiger partial charge on any atom is -0.490 e. The SMILES string of the molecule is CCCOc1ccc(S(=O)(=O)NCc2ccccc2)cc1OCCC. The number of benzene rings is 2. The Bertz CT molecular complexity index is 760. The number of sulfonamides is 1. The summed E-state index contributed by atoms with van der Waals surface area (Å²) in [6.45, 7) is 5.31. The Labute approximate surface area is 150 Å². The lowest BCUT2D eigenvalue weighted by Crippen LogP contribution is -2.23. The summed E-state index contributed by atoms with van der Waals surface area (Å²) in [5.41, 5.74) is 0.899. The lowest BCUT2D eigenvalue weighted by atomic mass is 10.2. The molecule has 25 heavy (non-hydrogen) atoms. The van der Waals surface area contributed by atoms with E-state index in [1.54, 1.807) is 6.07 Å². The Hall–Kier alpha value is -2.05. The molecule has 0 fully saturated rings. The lowest BCUT2D eigenvalue weighted by Gasteiger charge is -2.14. The van der Waals surface area contributed by atoms with Crippen LogP contribution in [0.15, 0.2) is 53.4 Å². The van der Waals surface area contributed by atoms with E-state index in [1.165, 1.54) is 12.1 Å². The normalized spacial score (nSPS) is 11.3. The standard InChI is InChI=1S/C19H25NO4S/c1-3-12-23-18-11-10-17(14-19(18)24-13-4-2)25(21,22)20-15-16-8-6-5-7-9-16/h5-11,14,20H,3-4,12-13,15H2,1-2H3. The number of rotatable bonds is 10. The first-order chi connectivity index (χ1) is 12.1. The van der Waals surface area contributed by atoms with Gasteiger partial charge in [0.15, 0.2) is 11.5 Å². The molecule has 0 bridgehead atoms. The molecule has 1 N–H and O–H groups in total. The van der Waals surface area contributed by atoms with Crippen LogP contribution in [0.25, 0.3) is 0 Å². The van der Waals surface area contributed by atoms with Crippen LogP contribution in [-0.4, -0.2) is 21.6 Å². The average Bonchev–Trinajstić information content (AvgIpc) is 2.64. The molecule has 0 aliphatic heterocycles. The van der Waals surface area contributed by atoms with E-state index in [9.17, 15) is 8.42 Å². The van der Waals surface area contributed by atoms with Crippen molar-refractivity contribution in [2.24, 2.45) is 0 Å². The number of hydrogen-bond acceptors (Lipinski definition) is 4. The van der Waals surface area contributed by atoms with E-state index in [2.05, 4.69) is 4.72 Å². The molecule has 0 atom stereocenters. The quantitative estimate of drug-likeness (QED) is 0.698. The van der Waals surface area contributed by atoms with Crippen molar-refractivity contribution in [3.05, 3.63) is 54.1 Å². The highest BCUT2D eigenvalue weighted by atomic mass is 32.2. The zero-order valence-corrected chi connectivity index (χ0v) is 15.5. The van der Waals surface area contributed by atoms with Gasteiger partial charge in [0.05, 0.1) is 18.1 Å². The molecular formula is C19H25NO4S. The smallest absolute Gasteiger partial charge is 0.241 e. The van der Waals surface area contributed by atoms with Crippen molar-refractivity contribution in [2.75, 3.05) is 13.2 Å². The van der Waals surface area contributed by atoms with Crippen LogP contribution in [0.1, 0.15) is 32.3 Å². The Morgan fingerprint density at radius 3 is 2.16 bits per heavy atom. The molecule has 0 radical (unpaired) electrons.